The SMILES string of the molecule is Cc1ccc(C(=O)C2CCN(Cc3ccc(OC(F)(F)F)cc3)CC2)cc1. The minimum Gasteiger partial charge on any atom is -0.406 e. The van der Waals surface area contributed by atoms with Crippen molar-refractivity contribution >= 4 is 5.78 Å². The summed E-state index contributed by atoms with van der Waals surface area (Å²) in [6.45, 7) is 4.23. The lowest BCUT2D eigenvalue weighted by Gasteiger charge is -2.31. The number of carbonyl (C=O) groups excluding carboxylic acids is 1. The zero-order valence-electron chi connectivity index (χ0n) is 15.1. The van der Waals surface area contributed by atoms with Gasteiger partial charge in [0.25, 0.3) is 0 Å². The molecule has 3 rings (SSSR count). The molecule has 0 bridgehead atoms. The summed E-state index contributed by atoms with van der Waals surface area (Å²) in [4.78, 5) is 14.8. The van der Waals surface area contributed by atoms with Crippen molar-refractivity contribution < 1.29 is 22.7 Å². The molecule has 0 spiro atoms. The van der Waals surface area contributed by atoms with Crippen LogP contribution in [-0.4, -0.2) is 30.1 Å². The summed E-state index contributed by atoms with van der Waals surface area (Å²) in [5, 5.41) is 0. The molecule has 0 radical (unpaired) electrons. The van der Waals surface area contributed by atoms with Gasteiger partial charge in [-0.25, -0.2) is 0 Å². The Balaban J connectivity index is 1.50. The van der Waals surface area contributed by atoms with E-state index in [1.54, 1.807) is 12.1 Å². The van der Waals surface area contributed by atoms with Gasteiger partial charge in [-0.05, 0) is 50.6 Å². The molecule has 1 aliphatic heterocycles. The van der Waals surface area contributed by atoms with Gasteiger partial charge in [-0.2, -0.15) is 0 Å². The number of ketones is 1. The van der Waals surface area contributed by atoms with Crippen LogP contribution in [0.1, 0.15) is 34.3 Å². The highest BCUT2D eigenvalue weighted by atomic mass is 19.4. The number of carbonyl (C=O) groups is 1. The summed E-state index contributed by atoms with van der Waals surface area (Å²) in [6, 6.07) is 13.6. The van der Waals surface area contributed by atoms with Crippen molar-refractivity contribution in [2.75, 3.05) is 13.1 Å². The van der Waals surface area contributed by atoms with Gasteiger partial charge in [0.1, 0.15) is 5.75 Å². The summed E-state index contributed by atoms with van der Waals surface area (Å²) in [5.41, 5.74) is 2.82. The highest BCUT2D eigenvalue weighted by Crippen LogP contribution is 2.25. The molecule has 1 fully saturated rings. The van der Waals surface area contributed by atoms with Gasteiger partial charge in [0.05, 0.1) is 0 Å². The molecule has 0 atom stereocenters. The molecule has 6 heteroatoms. The number of piperidine rings is 1. The predicted octanol–water partition coefficient (Wildman–Crippen LogP) is 4.99. The smallest absolute Gasteiger partial charge is 0.406 e. The van der Waals surface area contributed by atoms with Crippen LogP contribution >= 0.6 is 0 Å². The van der Waals surface area contributed by atoms with Gasteiger partial charge in [0.2, 0.25) is 0 Å². The van der Waals surface area contributed by atoms with Crippen molar-refractivity contribution in [3.05, 3.63) is 65.2 Å². The summed E-state index contributed by atoms with van der Waals surface area (Å²) >= 11 is 0. The maximum Gasteiger partial charge on any atom is 0.573 e. The number of hydrogen-bond donors (Lipinski definition) is 0. The molecule has 1 saturated heterocycles. The van der Waals surface area contributed by atoms with Crippen LogP contribution in [0.4, 0.5) is 13.2 Å². The summed E-state index contributed by atoms with van der Waals surface area (Å²) in [7, 11) is 0. The minimum atomic E-state index is -4.67. The molecule has 2 aromatic carbocycles. The molecule has 0 unspecified atom stereocenters. The Morgan fingerprint density at radius 2 is 1.63 bits per heavy atom. The number of ether oxygens (including phenoxy) is 1. The van der Waals surface area contributed by atoms with Crippen LogP contribution in [-0.2, 0) is 6.54 Å². The predicted molar refractivity (Wildman–Crippen MR) is 96.6 cm³/mol. The first kappa shape index (κ1) is 19.4. The monoisotopic (exact) mass is 377 g/mol. The van der Waals surface area contributed by atoms with Crippen LogP contribution < -0.4 is 4.74 Å². The maximum atomic E-state index is 12.6. The zero-order valence-corrected chi connectivity index (χ0v) is 15.1. The third kappa shape index (κ3) is 5.57. The fourth-order valence-electron chi connectivity index (χ4n) is 3.36. The van der Waals surface area contributed by atoms with Crippen molar-refractivity contribution in [1.29, 1.82) is 0 Å². The first-order valence-corrected chi connectivity index (χ1v) is 8.98. The average molecular weight is 377 g/mol. The number of benzene rings is 2. The van der Waals surface area contributed by atoms with Crippen molar-refractivity contribution in [3.63, 3.8) is 0 Å². The Morgan fingerprint density at radius 3 is 2.19 bits per heavy atom. The second-order valence-electron chi connectivity index (χ2n) is 6.97. The van der Waals surface area contributed by atoms with Gasteiger partial charge < -0.3 is 4.74 Å². The van der Waals surface area contributed by atoms with E-state index < -0.39 is 6.36 Å². The Bertz CT molecular complexity index is 762. The van der Waals surface area contributed by atoms with Crippen LogP contribution in [0.2, 0.25) is 0 Å². The summed E-state index contributed by atoms with van der Waals surface area (Å²) in [5.74, 6) is 0.0171. The lowest BCUT2D eigenvalue weighted by molar-refractivity contribution is -0.274. The molecule has 0 aliphatic carbocycles. The van der Waals surface area contributed by atoms with Crippen molar-refractivity contribution in [2.45, 2.75) is 32.7 Å². The molecular formula is C21H22F3NO2. The van der Waals surface area contributed by atoms with E-state index in [4.69, 9.17) is 0 Å². The van der Waals surface area contributed by atoms with E-state index in [9.17, 15) is 18.0 Å². The zero-order chi connectivity index (χ0) is 19.4. The van der Waals surface area contributed by atoms with Gasteiger partial charge in [-0.1, -0.05) is 42.0 Å². The largest absolute Gasteiger partial charge is 0.573 e. The molecule has 3 nitrogen and oxygen atoms in total. The van der Waals surface area contributed by atoms with Gasteiger partial charge in [-0.3, -0.25) is 9.69 Å². The molecule has 0 saturated carbocycles. The van der Waals surface area contributed by atoms with Gasteiger partial charge in [0, 0.05) is 18.0 Å². The maximum absolute atomic E-state index is 12.6. The van der Waals surface area contributed by atoms with E-state index in [1.807, 2.05) is 31.2 Å². The number of alkyl halides is 3. The molecule has 1 heterocycles. The quantitative estimate of drug-likeness (QED) is 0.688. The number of halogens is 3. The van der Waals surface area contributed by atoms with E-state index in [0.29, 0.717) is 6.54 Å². The highest BCUT2D eigenvalue weighted by molar-refractivity contribution is 5.97. The van der Waals surface area contributed by atoms with Crippen LogP contribution in [0.3, 0.4) is 0 Å². The number of rotatable bonds is 5. The summed E-state index contributed by atoms with van der Waals surface area (Å²) in [6.07, 6.45) is -3.09. The highest BCUT2D eigenvalue weighted by Gasteiger charge is 2.31. The molecule has 144 valence electrons. The van der Waals surface area contributed by atoms with Gasteiger partial charge in [-0.15, -0.1) is 13.2 Å². The van der Waals surface area contributed by atoms with E-state index in [0.717, 1.165) is 42.6 Å². The molecule has 1 aliphatic rings. The third-order valence-corrected chi connectivity index (χ3v) is 4.86. The first-order chi connectivity index (χ1) is 12.8. The standard InChI is InChI=1S/C21H22F3NO2/c1-15-2-6-17(7-3-15)20(26)18-10-12-25(13-11-18)14-16-4-8-19(9-5-16)27-21(22,23)24/h2-9,18H,10-14H2,1H3. The number of aryl methyl sites for hydroxylation is 1. The van der Waals surface area contributed by atoms with E-state index >= 15 is 0 Å². The molecule has 0 N–H and O–H groups in total. The van der Waals surface area contributed by atoms with Crippen LogP contribution in [0.15, 0.2) is 48.5 Å². The van der Waals surface area contributed by atoms with Gasteiger partial charge >= 0.3 is 6.36 Å². The number of likely N-dealkylation sites (tertiary alicyclic amines) is 1. The first-order valence-electron chi connectivity index (χ1n) is 8.98. The summed E-state index contributed by atoms with van der Waals surface area (Å²) < 4.78 is 40.5. The van der Waals surface area contributed by atoms with Crippen LogP contribution in [0.5, 0.6) is 5.75 Å². The minimum absolute atomic E-state index is 0.0338. The Labute approximate surface area is 156 Å². The Kier molecular flexibility index (Phi) is 5.85. The second-order valence-corrected chi connectivity index (χ2v) is 6.97. The molecular weight excluding hydrogens is 355 g/mol. The van der Waals surface area contributed by atoms with E-state index in [-0.39, 0.29) is 17.5 Å². The lowest BCUT2D eigenvalue weighted by Crippen LogP contribution is -2.35. The number of hydrogen-bond acceptors (Lipinski definition) is 3. The van der Waals surface area contributed by atoms with Crippen LogP contribution in [0, 0.1) is 12.8 Å². The topological polar surface area (TPSA) is 29.5 Å². The van der Waals surface area contributed by atoms with Crippen molar-refractivity contribution in [2.24, 2.45) is 5.92 Å². The van der Waals surface area contributed by atoms with E-state index in [1.165, 1.54) is 12.1 Å². The van der Waals surface area contributed by atoms with Gasteiger partial charge in [0.15, 0.2) is 5.78 Å². The molecule has 0 amide bonds. The number of Topliss-reactive ketones (excluding diaryl/α,β-unsaturated/α-hetero) is 1. The van der Waals surface area contributed by atoms with Crippen molar-refractivity contribution in [3.8, 4) is 5.75 Å². The van der Waals surface area contributed by atoms with E-state index in [2.05, 4.69) is 9.64 Å². The molecule has 0 aromatic heterocycles. The van der Waals surface area contributed by atoms with Crippen LogP contribution in [0.25, 0.3) is 0 Å². The Morgan fingerprint density at radius 1 is 1.04 bits per heavy atom. The van der Waals surface area contributed by atoms with Crippen molar-refractivity contribution in [1.82, 2.24) is 4.90 Å². The normalized spacial score (nSPS) is 16.3. The Hall–Kier alpha value is -2.34. The average Bonchev–Trinajstić information content (AvgIpc) is 2.63. The third-order valence-electron chi connectivity index (χ3n) is 4.86. The fourth-order valence-corrected chi connectivity index (χ4v) is 3.36. The fraction of sp³-hybridized carbons (Fsp3) is 0.381. The second kappa shape index (κ2) is 8.13. The molecule has 2 aromatic rings. The number of nitrogens with zero attached hydrogens (tertiary/aromatic N) is 1. The lowest BCUT2D eigenvalue weighted by atomic mass is 9.88. The molecule has 27 heavy (non-hydrogen) atoms.